The number of rotatable bonds is 2. The molecule has 0 aliphatic carbocycles. The number of para-hydroxylation sites is 2. The number of likely N-dealkylation sites (N-methyl/N-ethyl adjacent to an activating group) is 1. The zero-order valence-electron chi connectivity index (χ0n) is 12.4. The van der Waals surface area contributed by atoms with E-state index in [0.717, 1.165) is 41.5 Å². The van der Waals surface area contributed by atoms with E-state index in [-0.39, 0.29) is 5.56 Å². The van der Waals surface area contributed by atoms with Crippen LogP contribution in [0.25, 0.3) is 11.0 Å². The van der Waals surface area contributed by atoms with E-state index in [1.165, 1.54) is 11.8 Å². The topological polar surface area (TPSA) is 52.2 Å². The van der Waals surface area contributed by atoms with Crippen molar-refractivity contribution in [2.45, 2.75) is 5.75 Å². The second-order valence-corrected chi connectivity index (χ2v) is 6.98. The summed E-state index contributed by atoms with van der Waals surface area (Å²) in [6, 6.07) is 7.56. The largest absolute Gasteiger partial charge is 0.355 e. The number of H-pyrrole nitrogens is 1. The predicted octanol–water partition coefficient (Wildman–Crippen LogP) is 1.69. The van der Waals surface area contributed by atoms with Gasteiger partial charge in [-0.15, -0.1) is 0 Å². The van der Waals surface area contributed by atoms with E-state index in [1.807, 2.05) is 24.3 Å². The third-order valence-electron chi connectivity index (χ3n) is 3.76. The molecule has 3 rings (SSSR count). The minimum absolute atomic E-state index is 0.132. The Morgan fingerprint density at radius 1 is 1.32 bits per heavy atom. The fourth-order valence-electron chi connectivity index (χ4n) is 2.38. The summed E-state index contributed by atoms with van der Waals surface area (Å²) >= 11 is 7.00. The molecule has 2 heterocycles. The van der Waals surface area contributed by atoms with Crippen molar-refractivity contribution in [1.29, 1.82) is 0 Å². The Kier molecular flexibility index (Phi) is 4.75. The number of nitrogens with one attached hydrogen (secondary N) is 1. The van der Waals surface area contributed by atoms with Crippen molar-refractivity contribution in [3.63, 3.8) is 0 Å². The Morgan fingerprint density at radius 3 is 2.82 bits per heavy atom. The van der Waals surface area contributed by atoms with Gasteiger partial charge < -0.3 is 14.8 Å². The first-order chi connectivity index (χ1) is 10.6. The monoisotopic (exact) mass is 334 g/mol. The standard InChI is InChI=1S/C15H18N4OS2/c1-18-6-8-19(9-7-18)15(21)22-10-13-14(20)17-12-5-3-2-4-11(12)16-13/h2-5H,6-10H2,1H3,(H,17,20). The molecular weight excluding hydrogens is 316 g/mol. The fraction of sp³-hybridized carbons (Fsp3) is 0.400. The molecule has 0 atom stereocenters. The van der Waals surface area contributed by atoms with Crippen LogP contribution in [0, 0.1) is 0 Å². The quantitative estimate of drug-likeness (QED) is 0.844. The number of aromatic amines is 1. The maximum absolute atomic E-state index is 12.1. The van der Waals surface area contributed by atoms with Crippen LogP contribution in [0.3, 0.4) is 0 Å². The summed E-state index contributed by atoms with van der Waals surface area (Å²) in [5.41, 5.74) is 1.97. The highest BCUT2D eigenvalue weighted by Crippen LogP contribution is 2.16. The molecule has 1 aromatic heterocycles. The average molecular weight is 334 g/mol. The van der Waals surface area contributed by atoms with Crippen LogP contribution in [0.4, 0.5) is 0 Å². The third-order valence-corrected chi connectivity index (χ3v) is 5.30. The van der Waals surface area contributed by atoms with Gasteiger partial charge in [0.05, 0.1) is 11.0 Å². The first-order valence-corrected chi connectivity index (χ1v) is 8.61. The van der Waals surface area contributed by atoms with Crippen molar-refractivity contribution < 1.29 is 0 Å². The lowest BCUT2D eigenvalue weighted by atomic mass is 10.3. The number of thioether (sulfide) groups is 1. The minimum atomic E-state index is -0.132. The molecule has 0 spiro atoms. The molecule has 1 saturated heterocycles. The molecule has 0 radical (unpaired) electrons. The molecule has 0 bridgehead atoms. The SMILES string of the molecule is CN1CCN(C(=S)SCc2nc3ccccc3[nH]c2=O)CC1. The van der Waals surface area contributed by atoms with E-state index >= 15 is 0 Å². The van der Waals surface area contributed by atoms with Gasteiger partial charge in [-0.1, -0.05) is 36.1 Å². The van der Waals surface area contributed by atoms with Gasteiger partial charge in [-0.3, -0.25) is 4.79 Å². The highest BCUT2D eigenvalue weighted by atomic mass is 32.2. The van der Waals surface area contributed by atoms with E-state index in [9.17, 15) is 4.79 Å². The van der Waals surface area contributed by atoms with E-state index in [0.29, 0.717) is 11.4 Å². The number of benzene rings is 1. The minimum Gasteiger partial charge on any atom is -0.355 e. The van der Waals surface area contributed by atoms with E-state index in [4.69, 9.17) is 12.2 Å². The molecule has 0 amide bonds. The average Bonchev–Trinajstić information content (AvgIpc) is 2.53. The van der Waals surface area contributed by atoms with Crippen molar-refractivity contribution in [2.24, 2.45) is 0 Å². The Labute approximate surface area is 138 Å². The lowest BCUT2D eigenvalue weighted by Gasteiger charge is -2.33. The number of piperazine rings is 1. The van der Waals surface area contributed by atoms with Crippen LogP contribution in [0.1, 0.15) is 5.69 Å². The van der Waals surface area contributed by atoms with Crippen LogP contribution in [0.15, 0.2) is 29.1 Å². The smallest absolute Gasteiger partial charge is 0.271 e. The molecule has 1 N–H and O–H groups in total. The van der Waals surface area contributed by atoms with Crippen LogP contribution >= 0.6 is 24.0 Å². The molecule has 22 heavy (non-hydrogen) atoms. The number of hydrogen-bond acceptors (Lipinski definition) is 5. The number of fused-ring (bicyclic) bond motifs is 1. The molecule has 5 nitrogen and oxygen atoms in total. The van der Waals surface area contributed by atoms with Gasteiger partial charge in [-0.25, -0.2) is 4.98 Å². The van der Waals surface area contributed by atoms with Gasteiger partial charge in [0, 0.05) is 31.9 Å². The molecule has 7 heteroatoms. The Bertz CT molecular complexity index is 738. The van der Waals surface area contributed by atoms with Crippen LogP contribution in [-0.2, 0) is 5.75 Å². The van der Waals surface area contributed by atoms with Crippen molar-refractivity contribution in [1.82, 2.24) is 19.8 Å². The van der Waals surface area contributed by atoms with E-state index in [2.05, 4.69) is 26.8 Å². The third kappa shape index (κ3) is 3.48. The Morgan fingerprint density at radius 2 is 2.05 bits per heavy atom. The van der Waals surface area contributed by atoms with Gasteiger partial charge in [0.25, 0.3) is 5.56 Å². The first kappa shape index (κ1) is 15.5. The highest BCUT2D eigenvalue weighted by Gasteiger charge is 2.17. The summed E-state index contributed by atoms with van der Waals surface area (Å²) in [6.07, 6.45) is 0. The van der Waals surface area contributed by atoms with E-state index < -0.39 is 0 Å². The van der Waals surface area contributed by atoms with Crippen molar-refractivity contribution in [2.75, 3.05) is 33.2 Å². The molecule has 1 aromatic carbocycles. The van der Waals surface area contributed by atoms with Crippen LogP contribution in [0.2, 0.25) is 0 Å². The summed E-state index contributed by atoms with van der Waals surface area (Å²) in [6.45, 7) is 3.94. The molecular formula is C15H18N4OS2. The summed E-state index contributed by atoms with van der Waals surface area (Å²) in [5.74, 6) is 0.505. The summed E-state index contributed by atoms with van der Waals surface area (Å²) in [7, 11) is 2.12. The number of hydrogen-bond donors (Lipinski definition) is 1. The van der Waals surface area contributed by atoms with Gasteiger partial charge in [0.2, 0.25) is 0 Å². The maximum Gasteiger partial charge on any atom is 0.271 e. The zero-order valence-corrected chi connectivity index (χ0v) is 14.0. The van der Waals surface area contributed by atoms with Crippen molar-refractivity contribution >= 4 is 39.3 Å². The van der Waals surface area contributed by atoms with Gasteiger partial charge >= 0.3 is 0 Å². The molecule has 0 unspecified atom stereocenters. The van der Waals surface area contributed by atoms with Crippen LogP contribution in [-0.4, -0.2) is 57.3 Å². The van der Waals surface area contributed by atoms with Gasteiger partial charge in [-0.2, -0.15) is 0 Å². The second kappa shape index (κ2) is 6.76. The zero-order chi connectivity index (χ0) is 15.5. The first-order valence-electron chi connectivity index (χ1n) is 7.21. The van der Waals surface area contributed by atoms with Crippen molar-refractivity contribution in [3.05, 3.63) is 40.3 Å². The Hall–Kier alpha value is -1.44. The maximum atomic E-state index is 12.1. The summed E-state index contributed by atoms with van der Waals surface area (Å²) < 4.78 is 0.849. The summed E-state index contributed by atoms with van der Waals surface area (Å²) in [5, 5.41) is 0. The molecule has 1 aliphatic rings. The van der Waals surface area contributed by atoms with Crippen LogP contribution < -0.4 is 5.56 Å². The molecule has 1 aliphatic heterocycles. The molecule has 0 saturated carbocycles. The number of aromatic nitrogens is 2. The molecule has 1 fully saturated rings. The summed E-state index contributed by atoms with van der Waals surface area (Å²) in [4.78, 5) is 23.9. The Balaban J connectivity index is 1.67. The van der Waals surface area contributed by atoms with Gasteiger partial charge in [-0.05, 0) is 19.2 Å². The van der Waals surface area contributed by atoms with Crippen molar-refractivity contribution in [3.8, 4) is 0 Å². The highest BCUT2D eigenvalue weighted by molar-refractivity contribution is 8.22. The van der Waals surface area contributed by atoms with Gasteiger partial charge in [0.1, 0.15) is 10.0 Å². The molecule has 116 valence electrons. The lowest BCUT2D eigenvalue weighted by molar-refractivity contribution is 0.220. The fourth-order valence-corrected chi connectivity index (χ4v) is 3.56. The predicted molar refractivity (Wildman–Crippen MR) is 95.3 cm³/mol. The number of thiocarbonyl (C=S) groups is 1. The normalized spacial score (nSPS) is 16.1. The second-order valence-electron chi connectivity index (χ2n) is 5.37. The van der Waals surface area contributed by atoms with Gasteiger partial charge in [0.15, 0.2) is 0 Å². The lowest BCUT2D eigenvalue weighted by Crippen LogP contribution is -2.45. The number of nitrogens with zero attached hydrogens (tertiary/aromatic N) is 3. The van der Waals surface area contributed by atoms with Crippen LogP contribution in [0.5, 0.6) is 0 Å². The molecule has 2 aromatic rings. The van der Waals surface area contributed by atoms with E-state index in [1.54, 1.807) is 0 Å².